The van der Waals surface area contributed by atoms with Gasteiger partial charge in [0.1, 0.15) is 0 Å². The van der Waals surface area contributed by atoms with Crippen molar-refractivity contribution in [1.29, 1.82) is 0 Å². The van der Waals surface area contributed by atoms with Gasteiger partial charge in [0, 0.05) is 13.2 Å². The Balaban J connectivity index is 2.33. The average Bonchev–Trinajstić information content (AvgIpc) is 2.62. The Morgan fingerprint density at radius 2 is 2.14 bits per heavy atom. The van der Waals surface area contributed by atoms with Gasteiger partial charge in [0.05, 0.1) is 12.1 Å². The molecule has 2 heterocycles. The summed E-state index contributed by atoms with van der Waals surface area (Å²) >= 11 is 0. The topological polar surface area (TPSA) is 12.5 Å². The zero-order chi connectivity index (χ0) is 10.4. The number of hydrogen-bond acceptors (Lipinski definition) is 2. The standard InChI is InChI=1S/C12H21NO/c1-11(2,3)10-5-7-13(4)12(10)6-8-14-9-12/h5H,6-9H2,1-4H3/t12-/m1/s1. The van der Waals surface area contributed by atoms with Crippen molar-refractivity contribution in [3.05, 3.63) is 11.6 Å². The highest BCUT2D eigenvalue weighted by atomic mass is 16.5. The van der Waals surface area contributed by atoms with Crippen molar-refractivity contribution in [2.45, 2.75) is 32.7 Å². The lowest BCUT2D eigenvalue weighted by Gasteiger charge is -2.39. The van der Waals surface area contributed by atoms with Crippen LogP contribution in [0.3, 0.4) is 0 Å². The Labute approximate surface area is 86.9 Å². The van der Waals surface area contributed by atoms with Crippen LogP contribution in [0.1, 0.15) is 27.2 Å². The quantitative estimate of drug-likeness (QED) is 0.549. The second kappa shape index (κ2) is 3.07. The monoisotopic (exact) mass is 195 g/mol. The molecule has 0 unspecified atom stereocenters. The molecule has 0 amide bonds. The van der Waals surface area contributed by atoms with Crippen LogP contribution >= 0.6 is 0 Å². The highest BCUT2D eigenvalue weighted by Gasteiger charge is 2.48. The first-order valence-electron chi connectivity index (χ1n) is 5.47. The molecule has 14 heavy (non-hydrogen) atoms. The Bertz CT molecular complexity index is 256. The summed E-state index contributed by atoms with van der Waals surface area (Å²) in [5.74, 6) is 0. The highest BCUT2D eigenvalue weighted by Crippen LogP contribution is 2.45. The molecule has 2 aliphatic heterocycles. The molecule has 0 aromatic rings. The van der Waals surface area contributed by atoms with E-state index >= 15 is 0 Å². The first-order valence-corrected chi connectivity index (χ1v) is 5.47. The van der Waals surface area contributed by atoms with Gasteiger partial charge >= 0.3 is 0 Å². The van der Waals surface area contributed by atoms with Gasteiger partial charge in [-0.25, -0.2) is 0 Å². The zero-order valence-electron chi connectivity index (χ0n) is 9.76. The van der Waals surface area contributed by atoms with E-state index < -0.39 is 0 Å². The summed E-state index contributed by atoms with van der Waals surface area (Å²) in [4.78, 5) is 2.45. The summed E-state index contributed by atoms with van der Waals surface area (Å²) in [6.45, 7) is 9.79. The first-order chi connectivity index (χ1) is 6.47. The van der Waals surface area contributed by atoms with E-state index in [2.05, 4.69) is 38.8 Å². The summed E-state index contributed by atoms with van der Waals surface area (Å²) in [6.07, 6.45) is 3.56. The van der Waals surface area contributed by atoms with Gasteiger partial charge in [-0.2, -0.15) is 0 Å². The molecule has 0 aromatic carbocycles. The molecule has 1 spiro atoms. The number of likely N-dealkylation sites (N-methyl/N-ethyl adjacent to an activating group) is 1. The van der Waals surface area contributed by atoms with E-state index in [0.717, 1.165) is 26.2 Å². The van der Waals surface area contributed by atoms with Gasteiger partial charge in [0.25, 0.3) is 0 Å². The summed E-state index contributed by atoms with van der Waals surface area (Å²) < 4.78 is 5.60. The molecule has 2 aliphatic rings. The molecule has 2 rings (SSSR count). The van der Waals surface area contributed by atoms with E-state index in [1.807, 2.05) is 0 Å². The lowest BCUT2D eigenvalue weighted by Crippen LogP contribution is -2.47. The normalized spacial score (nSPS) is 34.1. The summed E-state index contributed by atoms with van der Waals surface area (Å²) in [6, 6.07) is 0. The highest BCUT2D eigenvalue weighted by molar-refractivity contribution is 5.32. The third-order valence-corrected chi connectivity index (χ3v) is 3.61. The molecule has 0 saturated carbocycles. The van der Waals surface area contributed by atoms with Crippen LogP contribution in [0.5, 0.6) is 0 Å². The molecule has 0 N–H and O–H groups in total. The van der Waals surface area contributed by atoms with Crippen LogP contribution in [0.4, 0.5) is 0 Å². The van der Waals surface area contributed by atoms with Gasteiger partial charge in [0.15, 0.2) is 0 Å². The fourth-order valence-corrected chi connectivity index (χ4v) is 2.87. The number of nitrogens with zero attached hydrogens (tertiary/aromatic N) is 1. The SMILES string of the molecule is CN1CC=C(C(C)(C)C)[C@]12CCOC2. The maximum absolute atomic E-state index is 5.60. The predicted octanol–water partition coefficient (Wildman–Crippen LogP) is 2.06. The maximum Gasteiger partial charge on any atom is 0.0690 e. The van der Waals surface area contributed by atoms with Crippen LogP contribution in [-0.2, 0) is 4.74 Å². The van der Waals surface area contributed by atoms with E-state index in [9.17, 15) is 0 Å². The first kappa shape index (κ1) is 10.2. The van der Waals surface area contributed by atoms with Gasteiger partial charge in [0.2, 0.25) is 0 Å². The zero-order valence-corrected chi connectivity index (χ0v) is 9.76. The molecule has 0 radical (unpaired) electrons. The Kier molecular flexibility index (Phi) is 2.24. The smallest absolute Gasteiger partial charge is 0.0690 e. The third-order valence-electron chi connectivity index (χ3n) is 3.61. The molecule has 1 atom stereocenters. The van der Waals surface area contributed by atoms with Crippen LogP contribution in [-0.4, -0.2) is 37.2 Å². The molecule has 1 saturated heterocycles. The van der Waals surface area contributed by atoms with Crippen molar-refractivity contribution in [2.24, 2.45) is 5.41 Å². The number of rotatable bonds is 0. The fraction of sp³-hybridized carbons (Fsp3) is 0.833. The van der Waals surface area contributed by atoms with Gasteiger partial charge in [-0.1, -0.05) is 26.8 Å². The largest absolute Gasteiger partial charge is 0.379 e. The number of ether oxygens (including phenoxy) is 1. The maximum atomic E-state index is 5.60. The summed E-state index contributed by atoms with van der Waals surface area (Å²) in [5, 5.41) is 0. The van der Waals surface area contributed by atoms with Gasteiger partial charge in [-0.15, -0.1) is 0 Å². The lowest BCUT2D eigenvalue weighted by atomic mass is 9.74. The Morgan fingerprint density at radius 3 is 2.64 bits per heavy atom. The van der Waals surface area contributed by atoms with Crippen molar-refractivity contribution in [3.8, 4) is 0 Å². The summed E-state index contributed by atoms with van der Waals surface area (Å²) in [5.41, 5.74) is 2.07. The predicted molar refractivity (Wildman–Crippen MR) is 58.3 cm³/mol. The molecule has 80 valence electrons. The van der Waals surface area contributed by atoms with Gasteiger partial charge in [-0.05, 0) is 24.5 Å². The minimum absolute atomic E-state index is 0.220. The minimum Gasteiger partial charge on any atom is -0.379 e. The molecule has 0 aliphatic carbocycles. The van der Waals surface area contributed by atoms with Crippen LogP contribution in [0.2, 0.25) is 0 Å². The fourth-order valence-electron chi connectivity index (χ4n) is 2.87. The van der Waals surface area contributed by atoms with E-state index in [1.165, 1.54) is 0 Å². The van der Waals surface area contributed by atoms with E-state index in [-0.39, 0.29) is 11.0 Å². The van der Waals surface area contributed by atoms with Crippen LogP contribution in [0, 0.1) is 5.41 Å². The van der Waals surface area contributed by atoms with Crippen LogP contribution in [0.15, 0.2) is 11.6 Å². The second-order valence-electron chi connectivity index (χ2n) is 5.58. The van der Waals surface area contributed by atoms with Crippen molar-refractivity contribution >= 4 is 0 Å². The molecular weight excluding hydrogens is 174 g/mol. The average molecular weight is 195 g/mol. The molecule has 1 fully saturated rings. The van der Waals surface area contributed by atoms with E-state index in [0.29, 0.717) is 0 Å². The third kappa shape index (κ3) is 1.32. The molecule has 2 heteroatoms. The van der Waals surface area contributed by atoms with Crippen molar-refractivity contribution in [2.75, 3.05) is 26.8 Å². The van der Waals surface area contributed by atoms with E-state index in [1.54, 1.807) is 5.57 Å². The number of hydrogen-bond donors (Lipinski definition) is 0. The minimum atomic E-state index is 0.220. The van der Waals surface area contributed by atoms with Gasteiger partial charge in [-0.3, -0.25) is 4.90 Å². The Hall–Kier alpha value is -0.340. The van der Waals surface area contributed by atoms with Crippen LogP contribution in [0.25, 0.3) is 0 Å². The van der Waals surface area contributed by atoms with E-state index in [4.69, 9.17) is 4.74 Å². The molecular formula is C12H21NO. The molecule has 0 aromatic heterocycles. The molecule has 0 bridgehead atoms. The second-order valence-corrected chi connectivity index (χ2v) is 5.58. The summed E-state index contributed by atoms with van der Waals surface area (Å²) in [7, 11) is 2.21. The van der Waals surface area contributed by atoms with Crippen molar-refractivity contribution < 1.29 is 4.74 Å². The Morgan fingerprint density at radius 1 is 1.43 bits per heavy atom. The van der Waals surface area contributed by atoms with Crippen molar-refractivity contribution in [3.63, 3.8) is 0 Å². The molecule has 2 nitrogen and oxygen atoms in total. The van der Waals surface area contributed by atoms with Crippen molar-refractivity contribution in [1.82, 2.24) is 4.90 Å². The van der Waals surface area contributed by atoms with Gasteiger partial charge < -0.3 is 4.74 Å². The lowest BCUT2D eigenvalue weighted by molar-refractivity contribution is 0.122. The van der Waals surface area contributed by atoms with Crippen LogP contribution < -0.4 is 0 Å².